The topological polar surface area (TPSA) is 9.23 Å². The second kappa shape index (κ2) is 5.65. The fourth-order valence-electron chi connectivity index (χ4n) is 1.34. The summed E-state index contributed by atoms with van der Waals surface area (Å²) in [5.41, 5.74) is 0.880. The molecule has 2 rings (SSSR count). The minimum absolute atomic E-state index is 0.233. The van der Waals surface area contributed by atoms with Crippen LogP contribution in [-0.2, 0) is 5.33 Å². The van der Waals surface area contributed by atoms with Gasteiger partial charge in [0.1, 0.15) is 5.75 Å². The molecule has 0 fully saturated rings. The lowest BCUT2D eigenvalue weighted by atomic mass is 10.2. The van der Waals surface area contributed by atoms with Gasteiger partial charge in [0.15, 0.2) is 11.6 Å². The lowest BCUT2D eigenvalue weighted by Crippen LogP contribution is -1.89. The molecule has 0 aliphatic rings. The van der Waals surface area contributed by atoms with Crippen LogP contribution in [0.2, 0.25) is 0 Å². The summed E-state index contributed by atoms with van der Waals surface area (Å²) in [4.78, 5) is 0. The van der Waals surface area contributed by atoms with Gasteiger partial charge in [-0.15, -0.1) is 0 Å². The Hall–Kier alpha value is -0.870. The second-order valence-electron chi connectivity index (χ2n) is 3.45. The largest absolute Gasteiger partial charge is 0.454 e. The van der Waals surface area contributed by atoms with Crippen LogP contribution in [0.5, 0.6) is 11.5 Å². The SMILES string of the molecule is Fc1cc(CBr)ccc1Oc1ccc(Br)cc1. The molecule has 0 aliphatic carbocycles. The molecule has 88 valence electrons. The third-order valence-corrected chi connectivity index (χ3v) is 3.37. The molecule has 0 unspecified atom stereocenters. The Morgan fingerprint density at radius 3 is 2.35 bits per heavy atom. The van der Waals surface area contributed by atoms with Gasteiger partial charge in [-0.05, 0) is 42.0 Å². The Bertz CT molecular complexity index is 511. The second-order valence-corrected chi connectivity index (χ2v) is 4.93. The normalized spacial score (nSPS) is 10.3. The summed E-state index contributed by atoms with van der Waals surface area (Å²) in [6.45, 7) is 0. The Labute approximate surface area is 116 Å². The zero-order chi connectivity index (χ0) is 12.3. The molecule has 2 aromatic carbocycles. The molecule has 0 amide bonds. The van der Waals surface area contributed by atoms with Gasteiger partial charge in [-0.2, -0.15) is 0 Å². The zero-order valence-electron chi connectivity index (χ0n) is 8.79. The van der Waals surface area contributed by atoms with Crippen LogP contribution >= 0.6 is 31.9 Å². The minimum atomic E-state index is -0.357. The fourth-order valence-corrected chi connectivity index (χ4v) is 1.95. The quantitative estimate of drug-likeness (QED) is 0.678. The van der Waals surface area contributed by atoms with Gasteiger partial charge in [-0.25, -0.2) is 4.39 Å². The summed E-state index contributed by atoms with van der Waals surface area (Å²) >= 11 is 6.61. The van der Waals surface area contributed by atoms with E-state index >= 15 is 0 Å². The first-order valence-electron chi connectivity index (χ1n) is 4.97. The summed E-state index contributed by atoms with van der Waals surface area (Å²) in [6.07, 6.45) is 0. The highest BCUT2D eigenvalue weighted by Crippen LogP contribution is 2.26. The molecular formula is C13H9Br2FO. The Balaban J connectivity index is 2.21. The van der Waals surface area contributed by atoms with E-state index in [1.165, 1.54) is 6.07 Å². The zero-order valence-corrected chi connectivity index (χ0v) is 12.0. The van der Waals surface area contributed by atoms with Crippen molar-refractivity contribution in [1.82, 2.24) is 0 Å². The molecule has 0 aromatic heterocycles. The summed E-state index contributed by atoms with van der Waals surface area (Å²) in [6, 6.07) is 12.2. The van der Waals surface area contributed by atoms with Crippen LogP contribution in [-0.4, -0.2) is 0 Å². The van der Waals surface area contributed by atoms with E-state index in [1.54, 1.807) is 18.2 Å². The highest BCUT2D eigenvalue weighted by Gasteiger charge is 2.05. The first-order chi connectivity index (χ1) is 8.19. The summed E-state index contributed by atoms with van der Waals surface area (Å²) in [5, 5.41) is 0.627. The van der Waals surface area contributed by atoms with E-state index in [1.807, 2.05) is 18.2 Å². The predicted molar refractivity (Wildman–Crippen MR) is 73.2 cm³/mol. The molecule has 1 nitrogen and oxygen atoms in total. The molecule has 0 spiro atoms. The van der Waals surface area contributed by atoms with Crippen molar-refractivity contribution in [3.8, 4) is 11.5 Å². The lowest BCUT2D eigenvalue weighted by molar-refractivity contribution is 0.442. The summed E-state index contributed by atoms with van der Waals surface area (Å²) in [5.74, 6) is 0.487. The maximum atomic E-state index is 13.6. The average molecular weight is 360 g/mol. The van der Waals surface area contributed by atoms with Gasteiger partial charge in [0.2, 0.25) is 0 Å². The lowest BCUT2D eigenvalue weighted by Gasteiger charge is -2.07. The molecular weight excluding hydrogens is 351 g/mol. The van der Waals surface area contributed by atoms with Gasteiger partial charge in [-0.1, -0.05) is 37.9 Å². The van der Waals surface area contributed by atoms with Gasteiger partial charge in [0.25, 0.3) is 0 Å². The first kappa shape index (κ1) is 12.6. The van der Waals surface area contributed by atoms with Crippen molar-refractivity contribution in [3.05, 3.63) is 58.3 Å². The van der Waals surface area contributed by atoms with E-state index in [2.05, 4.69) is 31.9 Å². The molecule has 0 saturated heterocycles. The maximum Gasteiger partial charge on any atom is 0.166 e. The number of ether oxygens (including phenoxy) is 1. The molecule has 0 bridgehead atoms. The molecule has 0 N–H and O–H groups in total. The van der Waals surface area contributed by atoms with E-state index in [0.717, 1.165) is 10.0 Å². The number of hydrogen-bond donors (Lipinski definition) is 0. The minimum Gasteiger partial charge on any atom is -0.454 e. The molecule has 17 heavy (non-hydrogen) atoms. The van der Waals surface area contributed by atoms with Crippen LogP contribution < -0.4 is 4.74 Å². The smallest absolute Gasteiger partial charge is 0.166 e. The van der Waals surface area contributed by atoms with Crippen molar-refractivity contribution in [2.45, 2.75) is 5.33 Å². The first-order valence-corrected chi connectivity index (χ1v) is 6.88. The fraction of sp³-hybridized carbons (Fsp3) is 0.0769. The maximum absolute atomic E-state index is 13.6. The van der Waals surface area contributed by atoms with Crippen LogP contribution in [0.25, 0.3) is 0 Å². The molecule has 2 aromatic rings. The van der Waals surface area contributed by atoms with Crippen LogP contribution in [0.4, 0.5) is 4.39 Å². The Kier molecular flexibility index (Phi) is 4.18. The van der Waals surface area contributed by atoms with E-state index in [0.29, 0.717) is 11.1 Å². The third-order valence-electron chi connectivity index (χ3n) is 2.19. The molecule has 0 atom stereocenters. The molecule has 4 heteroatoms. The van der Waals surface area contributed by atoms with Crippen molar-refractivity contribution in [2.24, 2.45) is 0 Å². The van der Waals surface area contributed by atoms with Crippen molar-refractivity contribution < 1.29 is 9.13 Å². The number of benzene rings is 2. The van der Waals surface area contributed by atoms with Crippen LogP contribution in [0.15, 0.2) is 46.9 Å². The van der Waals surface area contributed by atoms with Gasteiger partial charge < -0.3 is 4.74 Å². The summed E-state index contributed by atoms with van der Waals surface area (Å²) in [7, 11) is 0. The number of rotatable bonds is 3. The highest BCUT2D eigenvalue weighted by molar-refractivity contribution is 9.10. The number of halogens is 3. The van der Waals surface area contributed by atoms with Crippen LogP contribution in [0.1, 0.15) is 5.56 Å². The van der Waals surface area contributed by atoms with E-state index in [-0.39, 0.29) is 11.6 Å². The third kappa shape index (κ3) is 3.30. The summed E-state index contributed by atoms with van der Waals surface area (Å²) < 4.78 is 20.1. The molecule has 0 saturated carbocycles. The molecule has 0 heterocycles. The number of hydrogen-bond acceptors (Lipinski definition) is 1. The number of alkyl halides is 1. The predicted octanol–water partition coefficient (Wildman–Crippen LogP) is 5.28. The average Bonchev–Trinajstić information content (AvgIpc) is 2.34. The molecule has 0 radical (unpaired) electrons. The van der Waals surface area contributed by atoms with Gasteiger partial charge in [-0.3, -0.25) is 0 Å². The van der Waals surface area contributed by atoms with Crippen LogP contribution in [0.3, 0.4) is 0 Å². The van der Waals surface area contributed by atoms with Crippen molar-refractivity contribution in [3.63, 3.8) is 0 Å². The Morgan fingerprint density at radius 2 is 1.76 bits per heavy atom. The van der Waals surface area contributed by atoms with Gasteiger partial charge in [0, 0.05) is 9.80 Å². The van der Waals surface area contributed by atoms with E-state index < -0.39 is 0 Å². The van der Waals surface area contributed by atoms with E-state index in [9.17, 15) is 4.39 Å². The van der Waals surface area contributed by atoms with Gasteiger partial charge >= 0.3 is 0 Å². The Morgan fingerprint density at radius 1 is 1.06 bits per heavy atom. The van der Waals surface area contributed by atoms with Gasteiger partial charge in [0.05, 0.1) is 0 Å². The standard InChI is InChI=1S/C13H9Br2FO/c14-8-9-1-6-13(12(16)7-9)17-11-4-2-10(15)3-5-11/h1-7H,8H2. The molecule has 0 aliphatic heterocycles. The van der Waals surface area contributed by atoms with Crippen molar-refractivity contribution in [2.75, 3.05) is 0 Å². The van der Waals surface area contributed by atoms with E-state index in [4.69, 9.17) is 4.74 Å². The highest BCUT2D eigenvalue weighted by atomic mass is 79.9. The monoisotopic (exact) mass is 358 g/mol. The van der Waals surface area contributed by atoms with Crippen molar-refractivity contribution >= 4 is 31.9 Å². The van der Waals surface area contributed by atoms with Crippen molar-refractivity contribution in [1.29, 1.82) is 0 Å². The van der Waals surface area contributed by atoms with Crippen LogP contribution in [0, 0.1) is 5.82 Å².